The third-order valence-electron chi connectivity index (χ3n) is 3.74. The molecule has 1 N–H and O–H groups in total. The summed E-state index contributed by atoms with van der Waals surface area (Å²) in [6.45, 7) is 1.95. The first-order valence-corrected chi connectivity index (χ1v) is 9.74. The minimum absolute atomic E-state index is 0.00786. The standard InChI is InChI=1S/C18H16ClNO3S/c1-11-7-18(14-5-4-13(21)9-16(14)19)20-17-6-3-12(8-15(11)17)10-24(2,22)23/h3-9,21H,10H2,1-2H3. The minimum Gasteiger partial charge on any atom is -0.508 e. The van der Waals surface area contributed by atoms with Crippen LogP contribution in [0.4, 0.5) is 0 Å². The van der Waals surface area contributed by atoms with E-state index >= 15 is 0 Å². The molecule has 0 aliphatic carbocycles. The van der Waals surface area contributed by atoms with Crippen LogP contribution in [0.3, 0.4) is 0 Å². The number of aryl methyl sites for hydroxylation is 1. The first-order valence-electron chi connectivity index (χ1n) is 7.30. The van der Waals surface area contributed by atoms with Crippen LogP contribution < -0.4 is 0 Å². The van der Waals surface area contributed by atoms with Crippen LogP contribution in [0.1, 0.15) is 11.1 Å². The molecule has 0 spiro atoms. The van der Waals surface area contributed by atoms with E-state index in [1.54, 1.807) is 18.2 Å². The van der Waals surface area contributed by atoms with Crippen LogP contribution in [0.15, 0.2) is 42.5 Å². The van der Waals surface area contributed by atoms with Crippen LogP contribution in [0.5, 0.6) is 5.75 Å². The number of nitrogens with zero attached hydrogens (tertiary/aromatic N) is 1. The van der Waals surface area contributed by atoms with Crippen LogP contribution in [-0.2, 0) is 15.6 Å². The number of rotatable bonds is 3. The highest BCUT2D eigenvalue weighted by Gasteiger charge is 2.11. The van der Waals surface area contributed by atoms with Gasteiger partial charge in [0.25, 0.3) is 0 Å². The summed E-state index contributed by atoms with van der Waals surface area (Å²) in [4.78, 5) is 4.62. The maximum Gasteiger partial charge on any atom is 0.151 e. The maximum absolute atomic E-state index is 11.5. The minimum atomic E-state index is -3.08. The van der Waals surface area contributed by atoms with E-state index in [1.807, 2.05) is 25.1 Å². The van der Waals surface area contributed by atoms with Crippen molar-refractivity contribution in [1.29, 1.82) is 0 Å². The molecule has 0 aliphatic heterocycles. The summed E-state index contributed by atoms with van der Waals surface area (Å²) in [5.41, 5.74) is 3.94. The third-order valence-corrected chi connectivity index (χ3v) is 4.91. The summed E-state index contributed by atoms with van der Waals surface area (Å²) >= 11 is 6.20. The number of halogens is 1. The van der Waals surface area contributed by atoms with Gasteiger partial charge in [0.15, 0.2) is 9.84 Å². The van der Waals surface area contributed by atoms with Crippen molar-refractivity contribution in [2.75, 3.05) is 6.26 Å². The zero-order valence-electron chi connectivity index (χ0n) is 13.2. The summed E-state index contributed by atoms with van der Waals surface area (Å²) in [6, 6.07) is 12.1. The number of benzene rings is 2. The van der Waals surface area contributed by atoms with Gasteiger partial charge in [0.05, 0.1) is 22.0 Å². The molecule has 0 radical (unpaired) electrons. The Morgan fingerprint density at radius 3 is 2.54 bits per heavy atom. The lowest BCUT2D eigenvalue weighted by Crippen LogP contribution is -2.01. The molecule has 24 heavy (non-hydrogen) atoms. The highest BCUT2D eigenvalue weighted by molar-refractivity contribution is 7.89. The maximum atomic E-state index is 11.5. The van der Waals surface area contributed by atoms with Gasteiger partial charge in [-0.1, -0.05) is 17.7 Å². The third kappa shape index (κ3) is 3.52. The molecule has 4 nitrogen and oxygen atoms in total. The molecule has 124 valence electrons. The average molecular weight is 362 g/mol. The Morgan fingerprint density at radius 2 is 1.88 bits per heavy atom. The number of aromatic nitrogens is 1. The Bertz CT molecular complexity index is 1050. The lowest BCUT2D eigenvalue weighted by molar-refractivity contribution is 0.475. The van der Waals surface area contributed by atoms with Gasteiger partial charge in [0.1, 0.15) is 5.75 Å². The molecule has 1 aromatic heterocycles. The molecule has 0 atom stereocenters. The zero-order chi connectivity index (χ0) is 17.5. The summed E-state index contributed by atoms with van der Waals surface area (Å²) in [5, 5.41) is 10.8. The second-order valence-corrected chi connectivity index (χ2v) is 8.46. The molecule has 0 bridgehead atoms. The first kappa shape index (κ1) is 16.7. The quantitative estimate of drug-likeness (QED) is 0.762. The van der Waals surface area contributed by atoms with Crippen LogP contribution in [0, 0.1) is 6.92 Å². The Hall–Kier alpha value is -2.11. The molecule has 0 aliphatic rings. The van der Waals surface area contributed by atoms with Gasteiger partial charge in [-0.2, -0.15) is 0 Å². The van der Waals surface area contributed by atoms with Crippen LogP contribution >= 0.6 is 11.6 Å². The van der Waals surface area contributed by atoms with Crippen molar-refractivity contribution in [3.05, 3.63) is 58.6 Å². The molecule has 1 heterocycles. The number of sulfone groups is 1. The van der Waals surface area contributed by atoms with E-state index in [0.29, 0.717) is 10.7 Å². The van der Waals surface area contributed by atoms with Crippen LogP contribution in [-0.4, -0.2) is 24.8 Å². The second kappa shape index (κ2) is 6.07. The first-order chi connectivity index (χ1) is 11.2. The molecular formula is C18H16ClNO3S. The molecule has 3 aromatic rings. The number of phenolic OH excluding ortho intramolecular Hbond substituents is 1. The van der Waals surface area contributed by atoms with Crippen molar-refractivity contribution in [2.45, 2.75) is 12.7 Å². The molecule has 6 heteroatoms. The highest BCUT2D eigenvalue weighted by Crippen LogP contribution is 2.32. The SMILES string of the molecule is Cc1cc(-c2ccc(O)cc2Cl)nc2ccc(CS(C)(=O)=O)cc12. The van der Waals surface area contributed by atoms with Crippen LogP contribution in [0.25, 0.3) is 22.2 Å². The monoisotopic (exact) mass is 361 g/mol. The Morgan fingerprint density at radius 1 is 1.12 bits per heavy atom. The number of phenols is 1. The van der Waals surface area contributed by atoms with Gasteiger partial charge in [-0.15, -0.1) is 0 Å². The highest BCUT2D eigenvalue weighted by atomic mass is 35.5. The van der Waals surface area contributed by atoms with Crippen molar-refractivity contribution in [3.8, 4) is 17.0 Å². The molecule has 0 amide bonds. The molecular weight excluding hydrogens is 346 g/mol. The van der Waals surface area contributed by atoms with Gasteiger partial charge < -0.3 is 5.11 Å². The largest absolute Gasteiger partial charge is 0.508 e. The molecule has 0 fully saturated rings. The van der Waals surface area contributed by atoms with Crippen molar-refractivity contribution < 1.29 is 13.5 Å². The lowest BCUT2D eigenvalue weighted by Gasteiger charge is -2.10. The fourth-order valence-corrected chi connectivity index (χ4v) is 3.74. The van der Waals surface area contributed by atoms with Crippen molar-refractivity contribution in [3.63, 3.8) is 0 Å². The molecule has 0 saturated carbocycles. The van der Waals surface area contributed by atoms with Crippen molar-refractivity contribution in [1.82, 2.24) is 4.98 Å². The number of hydrogen-bond donors (Lipinski definition) is 1. The molecule has 0 saturated heterocycles. The number of fused-ring (bicyclic) bond motifs is 1. The van der Waals surface area contributed by atoms with E-state index in [0.717, 1.165) is 27.6 Å². The molecule has 0 unspecified atom stereocenters. The molecule has 3 rings (SSSR count). The summed E-state index contributed by atoms with van der Waals surface area (Å²) in [5.74, 6) is 0.111. The van der Waals surface area contributed by atoms with E-state index < -0.39 is 9.84 Å². The smallest absolute Gasteiger partial charge is 0.151 e. The van der Waals surface area contributed by atoms with E-state index in [4.69, 9.17) is 11.6 Å². The van der Waals surface area contributed by atoms with E-state index in [9.17, 15) is 13.5 Å². The van der Waals surface area contributed by atoms with Crippen molar-refractivity contribution >= 4 is 32.3 Å². The van der Waals surface area contributed by atoms with Crippen molar-refractivity contribution in [2.24, 2.45) is 0 Å². The van der Waals surface area contributed by atoms with Gasteiger partial charge in [-0.05, 0) is 54.4 Å². The van der Waals surface area contributed by atoms with E-state index in [2.05, 4.69) is 4.98 Å². The topological polar surface area (TPSA) is 67.3 Å². The fourth-order valence-electron chi connectivity index (χ4n) is 2.68. The second-order valence-electron chi connectivity index (χ2n) is 5.91. The summed E-state index contributed by atoms with van der Waals surface area (Å²) in [6.07, 6.45) is 1.22. The predicted octanol–water partition coefficient (Wildman–Crippen LogP) is 4.11. The molecule has 2 aromatic carbocycles. The lowest BCUT2D eigenvalue weighted by atomic mass is 10.0. The van der Waals surface area contributed by atoms with Gasteiger partial charge in [0, 0.05) is 17.2 Å². The van der Waals surface area contributed by atoms with E-state index in [-0.39, 0.29) is 11.5 Å². The van der Waals surface area contributed by atoms with Gasteiger partial charge >= 0.3 is 0 Å². The van der Waals surface area contributed by atoms with Gasteiger partial charge in [0.2, 0.25) is 0 Å². The van der Waals surface area contributed by atoms with Crippen LogP contribution in [0.2, 0.25) is 5.02 Å². The van der Waals surface area contributed by atoms with Gasteiger partial charge in [-0.3, -0.25) is 0 Å². The predicted molar refractivity (Wildman–Crippen MR) is 97.1 cm³/mol. The Kier molecular flexibility index (Phi) is 4.24. The number of pyridine rings is 1. The number of aromatic hydroxyl groups is 1. The summed E-state index contributed by atoms with van der Waals surface area (Å²) < 4.78 is 23.0. The Balaban J connectivity index is 2.12. The normalized spacial score (nSPS) is 11.8. The zero-order valence-corrected chi connectivity index (χ0v) is 14.8. The van der Waals surface area contributed by atoms with E-state index in [1.165, 1.54) is 12.3 Å². The van der Waals surface area contributed by atoms with Gasteiger partial charge in [-0.25, -0.2) is 13.4 Å². The fraction of sp³-hybridized carbons (Fsp3) is 0.167. The Labute approximate surface area is 145 Å². The average Bonchev–Trinajstić information content (AvgIpc) is 2.46. The number of hydrogen-bond acceptors (Lipinski definition) is 4. The summed E-state index contributed by atoms with van der Waals surface area (Å²) in [7, 11) is -3.08.